The molecule has 0 aliphatic rings. The molecule has 0 aromatic heterocycles. The summed E-state index contributed by atoms with van der Waals surface area (Å²) in [7, 11) is -4.73. The molecule has 5 nitrogen and oxygen atoms in total. The van der Waals surface area contributed by atoms with Gasteiger partial charge >= 0.3 is 0 Å². The van der Waals surface area contributed by atoms with E-state index >= 15 is 0 Å². The van der Waals surface area contributed by atoms with Gasteiger partial charge in [-0.3, -0.25) is 0 Å². The highest BCUT2D eigenvalue weighted by molar-refractivity contribution is 7.43. The first-order chi connectivity index (χ1) is 10.4. The molecule has 0 heterocycles. The van der Waals surface area contributed by atoms with Gasteiger partial charge in [0.1, 0.15) is 0 Å². The third-order valence-corrected chi connectivity index (χ3v) is 4.20. The van der Waals surface area contributed by atoms with Gasteiger partial charge in [-0.2, -0.15) is 0 Å². The molecular formula is C16H37NO4P-. The summed E-state index contributed by atoms with van der Waals surface area (Å²) in [5.41, 5.74) is 3.91. The molecule has 22 heavy (non-hydrogen) atoms. The molecule has 1 unspecified atom stereocenters. The predicted octanol–water partition coefficient (Wildman–Crippen LogP) is 2.64. The minimum atomic E-state index is -4.73. The fourth-order valence-electron chi connectivity index (χ4n) is 2.10. The molecule has 0 spiro atoms. The number of hydrogen-bond acceptors (Lipinski definition) is 4. The summed E-state index contributed by atoms with van der Waals surface area (Å²) in [5.74, 6) is 0.893. The first-order valence-corrected chi connectivity index (χ1v) is 10.3. The van der Waals surface area contributed by atoms with Crippen molar-refractivity contribution in [3.63, 3.8) is 0 Å². The summed E-state index contributed by atoms with van der Waals surface area (Å²) >= 11 is 0. The molecule has 6 heteroatoms. The normalized spacial score (nSPS) is 12.6. The Hall–Kier alpha value is 0.0700. The molecule has 0 saturated carbocycles. The van der Waals surface area contributed by atoms with Crippen LogP contribution in [0.5, 0.6) is 0 Å². The zero-order valence-electron chi connectivity index (χ0n) is 14.8. The van der Waals surface area contributed by atoms with Crippen LogP contribution in [0.4, 0.5) is 0 Å². The van der Waals surface area contributed by atoms with E-state index in [2.05, 4.69) is 31.0 Å². The van der Waals surface area contributed by atoms with Gasteiger partial charge in [0.25, 0.3) is 0 Å². The average molecular weight is 338 g/mol. The summed E-state index contributed by atoms with van der Waals surface area (Å²) < 4.78 is 14.1. The topological polar surface area (TPSA) is 100 Å². The van der Waals surface area contributed by atoms with E-state index in [9.17, 15) is 14.4 Å². The first-order valence-electron chi connectivity index (χ1n) is 8.87. The molecular weight excluding hydrogens is 301 g/mol. The lowest BCUT2D eigenvalue weighted by Gasteiger charge is -2.28. The molecule has 136 valence electrons. The summed E-state index contributed by atoms with van der Waals surface area (Å²) in [6.07, 6.45) is 11.6. The predicted molar refractivity (Wildman–Crippen MR) is 88.0 cm³/mol. The molecule has 3 N–H and O–H groups in total. The van der Waals surface area contributed by atoms with Gasteiger partial charge in [0.05, 0.1) is 21.0 Å². The van der Waals surface area contributed by atoms with E-state index in [-0.39, 0.29) is 6.61 Å². The average Bonchev–Trinajstić information content (AvgIpc) is 2.47. The van der Waals surface area contributed by atoms with Gasteiger partial charge in [-0.15, -0.1) is 0 Å². The van der Waals surface area contributed by atoms with E-state index < -0.39 is 7.82 Å². The molecule has 1 atom stereocenters. The number of phosphoric acid groups is 1. The van der Waals surface area contributed by atoms with Crippen molar-refractivity contribution in [3.8, 4) is 0 Å². The standard InChI is InChI=1S/C8H19N.C8H19O4P/c1-3-5-6-8(4-2)7-9;1-2-3-4-5-6-7-8-12-13(9,10)11/h8H,3-7,9H2,1-2H3;2-8H2,1H3,(H2,9,10,11)/p-1. The molecule has 0 aromatic rings. The fraction of sp³-hybridized carbons (Fsp3) is 1.00. The highest BCUT2D eigenvalue weighted by atomic mass is 31.2. The third kappa shape index (κ3) is 22.4. The van der Waals surface area contributed by atoms with Crippen LogP contribution in [-0.4, -0.2) is 13.2 Å². The monoisotopic (exact) mass is 338 g/mol. The second kappa shape index (κ2) is 17.4. The van der Waals surface area contributed by atoms with E-state index in [4.69, 9.17) is 0 Å². The molecule has 0 aliphatic heterocycles. The Labute approximate surface area is 137 Å². The summed E-state index contributed by atoms with van der Waals surface area (Å²) in [4.78, 5) is 20.0. The van der Waals surface area contributed by atoms with Gasteiger partial charge in [0.15, 0.2) is 0 Å². The Morgan fingerprint density at radius 2 is 1.50 bits per heavy atom. The van der Waals surface area contributed by atoms with Crippen molar-refractivity contribution in [2.45, 2.75) is 85.0 Å². The third-order valence-electron chi connectivity index (χ3n) is 3.70. The Bertz CT molecular complexity index is 255. The van der Waals surface area contributed by atoms with E-state index in [1.165, 1.54) is 44.9 Å². The van der Waals surface area contributed by atoms with Crippen LogP contribution in [0, 0.1) is 5.92 Å². The molecule has 0 amide bonds. The lowest BCUT2D eigenvalue weighted by molar-refractivity contribution is -0.379. The Morgan fingerprint density at radius 1 is 0.955 bits per heavy atom. The highest BCUT2D eigenvalue weighted by Gasteiger charge is 2.03. The van der Waals surface area contributed by atoms with Crippen molar-refractivity contribution in [3.05, 3.63) is 0 Å². The molecule has 0 aromatic carbocycles. The molecule has 0 aliphatic carbocycles. The lowest BCUT2D eigenvalue weighted by Crippen LogP contribution is -2.53. The molecule has 0 bridgehead atoms. The molecule has 0 saturated heterocycles. The zero-order valence-corrected chi connectivity index (χ0v) is 15.7. The number of rotatable bonds is 13. The number of quaternary nitrogens is 1. The first kappa shape index (κ1) is 24.3. The van der Waals surface area contributed by atoms with Crippen molar-refractivity contribution in [1.82, 2.24) is 0 Å². The van der Waals surface area contributed by atoms with E-state index in [1.807, 2.05) is 0 Å². The van der Waals surface area contributed by atoms with Crippen LogP contribution in [-0.2, 0) is 9.09 Å². The minimum absolute atomic E-state index is 0.0381. The van der Waals surface area contributed by atoms with E-state index in [0.717, 1.165) is 25.3 Å². The molecule has 0 radical (unpaired) electrons. The minimum Gasteiger partial charge on any atom is -0.790 e. The van der Waals surface area contributed by atoms with Crippen molar-refractivity contribution in [2.75, 3.05) is 13.2 Å². The second-order valence-electron chi connectivity index (χ2n) is 5.75. The van der Waals surface area contributed by atoms with Crippen LogP contribution in [0.25, 0.3) is 0 Å². The van der Waals surface area contributed by atoms with Gasteiger partial charge in [-0.25, -0.2) is 0 Å². The second-order valence-corrected chi connectivity index (χ2v) is 6.91. The van der Waals surface area contributed by atoms with Crippen molar-refractivity contribution in [1.29, 1.82) is 0 Å². The maximum atomic E-state index is 10.0. The summed E-state index contributed by atoms with van der Waals surface area (Å²) in [6.45, 7) is 7.79. The Balaban J connectivity index is 0. The van der Waals surface area contributed by atoms with Gasteiger partial charge in [0, 0.05) is 5.92 Å². The number of unbranched alkanes of at least 4 members (excludes halogenated alkanes) is 6. The SMILES string of the molecule is CCCCC(CC)C[NH3+].CCCCCCCCOP(=O)([O-])[O-]. The van der Waals surface area contributed by atoms with Crippen LogP contribution in [0.15, 0.2) is 0 Å². The fourth-order valence-corrected chi connectivity index (χ4v) is 2.46. The van der Waals surface area contributed by atoms with Gasteiger partial charge in [-0.1, -0.05) is 65.7 Å². The van der Waals surface area contributed by atoms with Gasteiger partial charge in [0.2, 0.25) is 0 Å². The van der Waals surface area contributed by atoms with E-state index in [0.29, 0.717) is 6.42 Å². The number of hydrogen-bond donors (Lipinski definition) is 1. The maximum Gasteiger partial charge on any atom is 0.0768 e. The Morgan fingerprint density at radius 3 is 1.95 bits per heavy atom. The molecule has 0 fully saturated rings. The zero-order chi connectivity index (χ0) is 17.3. The highest BCUT2D eigenvalue weighted by Crippen LogP contribution is 2.24. The van der Waals surface area contributed by atoms with Gasteiger partial charge in [-0.05, 0) is 19.3 Å². The van der Waals surface area contributed by atoms with Crippen LogP contribution < -0.4 is 15.5 Å². The Kier molecular flexibility index (Phi) is 19.3. The van der Waals surface area contributed by atoms with Crippen molar-refractivity contribution < 1.29 is 24.6 Å². The van der Waals surface area contributed by atoms with Gasteiger partial charge < -0.3 is 24.6 Å². The lowest BCUT2D eigenvalue weighted by atomic mass is 10.00. The molecule has 0 rings (SSSR count). The largest absolute Gasteiger partial charge is 0.790 e. The van der Waals surface area contributed by atoms with Crippen LogP contribution in [0.3, 0.4) is 0 Å². The van der Waals surface area contributed by atoms with Crippen molar-refractivity contribution in [2.24, 2.45) is 5.92 Å². The summed E-state index contributed by atoms with van der Waals surface area (Å²) in [5, 5.41) is 0. The van der Waals surface area contributed by atoms with Crippen LogP contribution >= 0.6 is 7.82 Å². The van der Waals surface area contributed by atoms with Crippen molar-refractivity contribution >= 4 is 7.82 Å². The quantitative estimate of drug-likeness (QED) is 0.412. The number of phosphoric ester groups is 1. The maximum absolute atomic E-state index is 10.0. The van der Waals surface area contributed by atoms with E-state index in [1.54, 1.807) is 0 Å². The van der Waals surface area contributed by atoms with Crippen LogP contribution in [0.2, 0.25) is 0 Å². The smallest absolute Gasteiger partial charge is 0.0768 e. The van der Waals surface area contributed by atoms with Crippen LogP contribution in [0.1, 0.15) is 85.0 Å². The summed E-state index contributed by atoms with van der Waals surface area (Å²) in [6, 6.07) is 0.